The third-order valence-corrected chi connectivity index (χ3v) is 5.49. The minimum absolute atomic E-state index is 0.108. The van der Waals surface area contributed by atoms with Crippen molar-refractivity contribution in [1.82, 2.24) is 9.80 Å². The monoisotopic (exact) mass is 384 g/mol. The molecule has 27 heavy (non-hydrogen) atoms. The summed E-state index contributed by atoms with van der Waals surface area (Å²) < 4.78 is 5.24. The third kappa shape index (κ3) is 3.40. The van der Waals surface area contributed by atoms with Crippen LogP contribution in [0, 0.1) is 0 Å². The fourth-order valence-corrected chi connectivity index (χ4v) is 3.99. The number of likely N-dealkylation sites (tertiary alicyclic amines) is 1. The lowest BCUT2D eigenvalue weighted by Gasteiger charge is -2.18. The number of nitrogens with zero attached hydrogens (tertiary/aromatic N) is 2. The summed E-state index contributed by atoms with van der Waals surface area (Å²) in [6.45, 7) is 1.04. The molecule has 2 fully saturated rings. The Labute approximate surface area is 158 Å². The van der Waals surface area contributed by atoms with Gasteiger partial charge in [-0.1, -0.05) is 18.2 Å². The minimum atomic E-state index is -0.589. The summed E-state index contributed by atoms with van der Waals surface area (Å²) in [6, 6.07) is 8.65. The fraction of sp³-hybridized carbons (Fsp3) is 0.263. The van der Waals surface area contributed by atoms with Gasteiger partial charge in [-0.2, -0.15) is 0 Å². The smallest absolute Gasteiger partial charge is 0.343 e. The van der Waals surface area contributed by atoms with Crippen LogP contribution < -0.4 is 5.63 Å². The predicted molar refractivity (Wildman–Crippen MR) is 101 cm³/mol. The topological polar surface area (TPSA) is 87.9 Å². The van der Waals surface area contributed by atoms with Crippen molar-refractivity contribution in [3.8, 4) is 0 Å². The lowest BCUT2D eigenvalue weighted by Crippen LogP contribution is -2.40. The summed E-state index contributed by atoms with van der Waals surface area (Å²) in [5, 5.41) is 0.204. The maximum Gasteiger partial charge on any atom is 0.343 e. The van der Waals surface area contributed by atoms with E-state index in [9.17, 15) is 19.2 Å². The first-order chi connectivity index (χ1) is 13.0. The molecule has 0 N–H and O–H groups in total. The molecule has 4 rings (SSSR count). The number of amides is 3. The molecule has 1 aromatic heterocycles. The lowest BCUT2D eigenvalue weighted by molar-refractivity contribution is -0.135. The van der Waals surface area contributed by atoms with Crippen molar-refractivity contribution in [1.29, 1.82) is 0 Å². The van der Waals surface area contributed by atoms with E-state index in [-0.39, 0.29) is 22.9 Å². The van der Waals surface area contributed by atoms with Crippen molar-refractivity contribution in [3.05, 3.63) is 51.2 Å². The zero-order chi connectivity index (χ0) is 19.0. The van der Waals surface area contributed by atoms with Gasteiger partial charge in [0, 0.05) is 18.5 Å². The van der Waals surface area contributed by atoms with Crippen LogP contribution >= 0.6 is 11.8 Å². The number of thioether (sulfide) groups is 1. The Bertz CT molecular complexity index is 1040. The molecular formula is C19H16N2O5S. The Hall–Kier alpha value is -2.87. The van der Waals surface area contributed by atoms with Crippen LogP contribution in [0.2, 0.25) is 0 Å². The Morgan fingerprint density at radius 2 is 1.89 bits per heavy atom. The summed E-state index contributed by atoms with van der Waals surface area (Å²) in [5.74, 6) is -0.800. The van der Waals surface area contributed by atoms with Gasteiger partial charge in [-0.3, -0.25) is 19.3 Å². The fourth-order valence-electron chi connectivity index (χ4n) is 3.16. The highest BCUT2D eigenvalue weighted by Crippen LogP contribution is 2.32. The van der Waals surface area contributed by atoms with Gasteiger partial charge in [0.1, 0.15) is 12.1 Å². The van der Waals surface area contributed by atoms with E-state index in [2.05, 4.69) is 0 Å². The van der Waals surface area contributed by atoms with E-state index in [4.69, 9.17) is 4.42 Å². The molecule has 1 aromatic carbocycles. The Kier molecular flexibility index (Phi) is 4.57. The first-order valence-electron chi connectivity index (χ1n) is 8.59. The first kappa shape index (κ1) is 17.5. The van der Waals surface area contributed by atoms with Crippen LogP contribution in [0.5, 0.6) is 0 Å². The second-order valence-corrected chi connectivity index (χ2v) is 7.38. The number of hydrogen-bond donors (Lipinski definition) is 0. The van der Waals surface area contributed by atoms with E-state index in [1.54, 1.807) is 29.2 Å². The van der Waals surface area contributed by atoms with Crippen molar-refractivity contribution in [2.24, 2.45) is 0 Å². The van der Waals surface area contributed by atoms with Gasteiger partial charge >= 0.3 is 5.63 Å². The second-order valence-electron chi connectivity index (χ2n) is 6.38. The maximum absolute atomic E-state index is 12.6. The molecule has 0 unspecified atom stereocenters. The van der Waals surface area contributed by atoms with Crippen LogP contribution in [0.15, 0.2) is 44.4 Å². The van der Waals surface area contributed by atoms with Crippen LogP contribution in [0.3, 0.4) is 0 Å². The number of imide groups is 1. The van der Waals surface area contributed by atoms with Crippen LogP contribution in [0.4, 0.5) is 4.79 Å². The van der Waals surface area contributed by atoms with E-state index < -0.39 is 16.8 Å². The molecule has 0 saturated carbocycles. The molecule has 2 aromatic rings. The number of carbonyl (C=O) groups is 3. The molecule has 0 atom stereocenters. The lowest BCUT2D eigenvalue weighted by atomic mass is 10.2. The van der Waals surface area contributed by atoms with E-state index in [0.717, 1.165) is 29.5 Å². The quantitative estimate of drug-likeness (QED) is 0.597. The maximum atomic E-state index is 12.6. The third-order valence-electron chi connectivity index (χ3n) is 4.58. The SMILES string of the molecule is O=C(CN1C(=O)S/C(=C/c2cc3ccccc3oc2=O)C1=O)N1CCCC1. The molecule has 2 aliphatic rings. The highest BCUT2D eigenvalue weighted by atomic mass is 32.2. The summed E-state index contributed by atoms with van der Waals surface area (Å²) in [5.41, 5.74) is 0.0441. The molecule has 0 spiro atoms. The normalized spacial score (nSPS) is 18.9. The van der Waals surface area contributed by atoms with Gasteiger partial charge < -0.3 is 9.32 Å². The number of hydrogen-bond acceptors (Lipinski definition) is 6. The number of para-hydroxylation sites is 1. The van der Waals surface area contributed by atoms with Gasteiger partial charge in [0.2, 0.25) is 5.91 Å². The Morgan fingerprint density at radius 3 is 2.67 bits per heavy atom. The van der Waals surface area contributed by atoms with Crippen molar-refractivity contribution < 1.29 is 18.8 Å². The van der Waals surface area contributed by atoms with Crippen molar-refractivity contribution in [2.75, 3.05) is 19.6 Å². The molecule has 0 radical (unpaired) electrons. The molecule has 2 aliphatic heterocycles. The van der Waals surface area contributed by atoms with Gasteiger partial charge in [0.15, 0.2) is 0 Å². The molecule has 3 amide bonds. The zero-order valence-electron chi connectivity index (χ0n) is 14.3. The molecule has 3 heterocycles. The van der Waals surface area contributed by atoms with Crippen molar-refractivity contribution in [3.63, 3.8) is 0 Å². The molecule has 8 heteroatoms. The number of benzene rings is 1. The number of carbonyl (C=O) groups excluding carboxylic acids is 3. The predicted octanol–water partition coefficient (Wildman–Crippen LogP) is 2.45. The van der Waals surface area contributed by atoms with Crippen molar-refractivity contribution >= 4 is 45.9 Å². The summed E-state index contributed by atoms with van der Waals surface area (Å²) in [6.07, 6.45) is 3.22. The van der Waals surface area contributed by atoms with E-state index in [1.807, 2.05) is 6.07 Å². The number of fused-ring (bicyclic) bond motifs is 1. The average molecular weight is 384 g/mol. The highest BCUT2D eigenvalue weighted by molar-refractivity contribution is 8.18. The molecule has 2 saturated heterocycles. The minimum Gasteiger partial charge on any atom is -0.422 e. The molecule has 7 nitrogen and oxygen atoms in total. The molecule has 0 bridgehead atoms. The van der Waals surface area contributed by atoms with E-state index in [0.29, 0.717) is 24.1 Å². The van der Waals surface area contributed by atoms with Crippen LogP contribution in [0.1, 0.15) is 18.4 Å². The Balaban J connectivity index is 1.58. The van der Waals surface area contributed by atoms with Gasteiger partial charge in [-0.15, -0.1) is 0 Å². The zero-order valence-corrected chi connectivity index (χ0v) is 15.2. The Morgan fingerprint density at radius 1 is 1.15 bits per heavy atom. The summed E-state index contributed by atoms with van der Waals surface area (Å²) in [7, 11) is 0. The number of rotatable bonds is 3. The van der Waals surface area contributed by atoms with Crippen LogP contribution in [-0.4, -0.2) is 46.5 Å². The van der Waals surface area contributed by atoms with Crippen LogP contribution in [-0.2, 0) is 9.59 Å². The molecular weight excluding hydrogens is 368 g/mol. The van der Waals surface area contributed by atoms with E-state index >= 15 is 0 Å². The average Bonchev–Trinajstić information content (AvgIpc) is 3.27. The van der Waals surface area contributed by atoms with Crippen molar-refractivity contribution in [2.45, 2.75) is 12.8 Å². The highest BCUT2D eigenvalue weighted by Gasteiger charge is 2.37. The molecule has 138 valence electrons. The summed E-state index contributed by atoms with van der Waals surface area (Å²) >= 11 is 0.722. The second kappa shape index (κ2) is 7.03. The first-order valence-corrected chi connectivity index (χ1v) is 9.40. The standard InChI is InChI=1S/C19H16N2O5S/c22-16(20-7-3-4-8-20)11-21-17(23)15(27-19(21)25)10-13-9-12-5-1-2-6-14(12)26-18(13)24/h1-2,5-6,9-10H,3-4,7-8,11H2/b15-10+. The van der Waals surface area contributed by atoms with E-state index in [1.165, 1.54) is 6.08 Å². The summed E-state index contributed by atoms with van der Waals surface area (Å²) in [4.78, 5) is 51.8. The van der Waals surface area contributed by atoms with Gasteiger partial charge in [0.05, 0.1) is 10.5 Å². The molecule has 0 aliphatic carbocycles. The van der Waals surface area contributed by atoms with Gasteiger partial charge in [-0.05, 0) is 42.8 Å². The van der Waals surface area contributed by atoms with Crippen LogP contribution in [0.25, 0.3) is 17.0 Å². The van der Waals surface area contributed by atoms with Gasteiger partial charge in [-0.25, -0.2) is 4.79 Å². The van der Waals surface area contributed by atoms with Gasteiger partial charge in [0.25, 0.3) is 11.1 Å². The largest absolute Gasteiger partial charge is 0.422 e.